The van der Waals surface area contributed by atoms with Crippen LogP contribution in [-0.2, 0) is 19.6 Å². The fourth-order valence-electron chi connectivity index (χ4n) is 2.22. The second kappa shape index (κ2) is 7.58. The topological polar surface area (TPSA) is 72.5 Å². The SMILES string of the molecule is C=C(C(=O)OC)[C@@H](NS(=O)(=O)c1ccc(C)cc1)c1cccc(F)c1. The zero-order chi connectivity index (χ0) is 18.6. The number of ether oxygens (including phenoxy) is 1. The van der Waals surface area contributed by atoms with E-state index in [1.807, 2.05) is 6.92 Å². The molecule has 0 heterocycles. The van der Waals surface area contributed by atoms with Crippen LogP contribution in [0.5, 0.6) is 0 Å². The Kier molecular flexibility index (Phi) is 5.71. The van der Waals surface area contributed by atoms with E-state index in [1.165, 1.54) is 30.3 Å². The Labute approximate surface area is 146 Å². The maximum absolute atomic E-state index is 13.6. The predicted molar refractivity (Wildman–Crippen MR) is 91.8 cm³/mol. The van der Waals surface area contributed by atoms with Gasteiger partial charge >= 0.3 is 5.97 Å². The van der Waals surface area contributed by atoms with Crippen molar-refractivity contribution in [3.63, 3.8) is 0 Å². The lowest BCUT2D eigenvalue weighted by atomic mass is 10.0. The third kappa shape index (κ3) is 4.52. The number of carbonyl (C=O) groups excluding carboxylic acids is 1. The Morgan fingerprint density at radius 2 is 1.84 bits per heavy atom. The van der Waals surface area contributed by atoms with Gasteiger partial charge in [-0.1, -0.05) is 36.4 Å². The molecule has 2 aromatic carbocycles. The third-order valence-corrected chi connectivity index (χ3v) is 5.02. The lowest BCUT2D eigenvalue weighted by molar-refractivity contribution is -0.136. The molecule has 1 atom stereocenters. The lowest BCUT2D eigenvalue weighted by Gasteiger charge is -2.20. The maximum Gasteiger partial charge on any atom is 0.335 e. The van der Waals surface area contributed by atoms with Crippen molar-refractivity contribution in [1.29, 1.82) is 0 Å². The van der Waals surface area contributed by atoms with Gasteiger partial charge in [-0.05, 0) is 36.8 Å². The van der Waals surface area contributed by atoms with Crippen molar-refractivity contribution in [3.8, 4) is 0 Å². The molecule has 1 N–H and O–H groups in total. The van der Waals surface area contributed by atoms with Crippen molar-refractivity contribution in [1.82, 2.24) is 4.72 Å². The van der Waals surface area contributed by atoms with E-state index in [9.17, 15) is 17.6 Å². The minimum Gasteiger partial charge on any atom is -0.466 e. The number of aryl methyl sites for hydroxylation is 1. The number of hydrogen-bond acceptors (Lipinski definition) is 4. The zero-order valence-electron chi connectivity index (χ0n) is 13.8. The Hall–Kier alpha value is -2.51. The van der Waals surface area contributed by atoms with Crippen molar-refractivity contribution in [2.45, 2.75) is 17.9 Å². The number of nitrogens with one attached hydrogen (secondary N) is 1. The molecule has 2 aromatic rings. The number of hydrogen-bond donors (Lipinski definition) is 1. The van der Waals surface area contributed by atoms with Crippen LogP contribution in [0, 0.1) is 12.7 Å². The molecule has 0 aliphatic rings. The third-order valence-electron chi connectivity index (χ3n) is 3.58. The van der Waals surface area contributed by atoms with Gasteiger partial charge in [-0.25, -0.2) is 17.6 Å². The first-order chi connectivity index (χ1) is 11.7. The average molecular weight is 363 g/mol. The first-order valence-corrected chi connectivity index (χ1v) is 8.84. The normalized spacial score (nSPS) is 12.4. The van der Waals surface area contributed by atoms with Crippen LogP contribution in [0.25, 0.3) is 0 Å². The van der Waals surface area contributed by atoms with Gasteiger partial charge in [0.2, 0.25) is 10.0 Å². The highest BCUT2D eigenvalue weighted by Gasteiger charge is 2.27. The largest absolute Gasteiger partial charge is 0.466 e. The van der Waals surface area contributed by atoms with Gasteiger partial charge in [0.05, 0.1) is 23.6 Å². The molecule has 0 spiro atoms. The monoisotopic (exact) mass is 363 g/mol. The second-order valence-corrected chi connectivity index (χ2v) is 7.15. The van der Waals surface area contributed by atoms with E-state index in [-0.39, 0.29) is 16.0 Å². The number of carbonyl (C=O) groups is 1. The minimum absolute atomic E-state index is 0.0252. The summed E-state index contributed by atoms with van der Waals surface area (Å²) >= 11 is 0. The number of methoxy groups -OCH3 is 1. The van der Waals surface area contributed by atoms with Crippen molar-refractivity contribution < 1.29 is 22.3 Å². The van der Waals surface area contributed by atoms with Crippen molar-refractivity contribution >= 4 is 16.0 Å². The predicted octanol–water partition coefficient (Wildman–Crippen LogP) is 2.88. The van der Waals surface area contributed by atoms with E-state index in [4.69, 9.17) is 0 Å². The van der Waals surface area contributed by atoms with Crippen LogP contribution >= 0.6 is 0 Å². The summed E-state index contributed by atoms with van der Waals surface area (Å²) in [4.78, 5) is 11.9. The molecule has 0 aliphatic carbocycles. The lowest BCUT2D eigenvalue weighted by Crippen LogP contribution is -2.32. The number of esters is 1. The van der Waals surface area contributed by atoms with Gasteiger partial charge in [0.1, 0.15) is 5.82 Å². The van der Waals surface area contributed by atoms with E-state index in [1.54, 1.807) is 12.1 Å². The van der Waals surface area contributed by atoms with Gasteiger partial charge in [0, 0.05) is 0 Å². The van der Waals surface area contributed by atoms with Gasteiger partial charge in [-0.3, -0.25) is 0 Å². The van der Waals surface area contributed by atoms with Gasteiger partial charge in [0.15, 0.2) is 0 Å². The Bertz CT molecular complexity index is 892. The summed E-state index contributed by atoms with van der Waals surface area (Å²) < 4.78 is 45.8. The second-order valence-electron chi connectivity index (χ2n) is 5.44. The fourth-order valence-corrected chi connectivity index (χ4v) is 3.44. The summed E-state index contributed by atoms with van der Waals surface area (Å²) in [6, 6.07) is 10.3. The van der Waals surface area contributed by atoms with Crippen LogP contribution in [0.3, 0.4) is 0 Å². The van der Waals surface area contributed by atoms with Crippen molar-refractivity contribution in [2.75, 3.05) is 7.11 Å². The maximum atomic E-state index is 13.6. The molecule has 0 aliphatic heterocycles. The first-order valence-electron chi connectivity index (χ1n) is 7.36. The summed E-state index contributed by atoms with van der Waals surface area (Å²) in [6.45, 7) is 5.43. The van der Waals surface area contributed by atoms with Crippen molar-refractivity contribution in [2.24, 2.45) is 0 Å². The molecule has 5 nitrogen and oxygen atoms in total. The molecule has 0 unspecified atom stereocenters. The number of rotatable bonds is 6. The van der Waals surface area contributed by atoms with Crippen LogP contribution in [0.15, 0.2) is 65.6 Å². The van der Waals surface area contributed by atoms with Gasteiger partial charge < -0.3 is 4.74 Å². The molecular formula is C18H18FNO4S. The average Bonchev–Trinajstić information content (AvgIpc) is 2.58. The number of halogens is 1. The molecule has 0 bridgehead atoms. The van der Waals surface area contributed by atoms with E-state index in [0.717, 1.165) is 18.7 Å². The van der Waals surface area contributed by atoms with Gasteiger partial charge in [-0.2, -0.15) is 4.72 Å². The summed E-state index contributed by atoms with van der Waals surface area (Å²) in [5.41, 5.74) is 0.995. The quantitative estimate of drug-likeness (QED) is 0.633. The van der Waals surface area contributed by atoms with E-state index < -0.39 is 27.9 Å². The summed E-state index contributed by atoms with van der Waals surface area (Å²) in [5.74, 6) is -1.35. The Balaban J connectivity index is 2.43. The van der Waals surface area contributed by atoms with Crippen LogP contribution in [-0.4, -0.2) is 21.5 Å². The van der Waals surface area contributed by atoms with Crippen LogP contribution in [0.1, 0.15) is 17.2 Å². The van der Waals surface area contributed by atoms with E-state index in [2.05, 4.69) is 16.0 Å². The van der Waals surface area contributed by atoms with Crippen LogP contribution in [0.2, 0.25) is 0 Å². The molecule has 0 fully saturated rings. The number of benzene rings is 2. The molecular weight excluding hydrogens is 345 g/mol. The first kappa shape index (κ1) is 18.8. The summed E-state index contributed by atoms with van der Waals surface area (Å²) in [7, 11) is -2.81. The highest BCUT2D eigenvalue weighted by Crippen LogP contribution is 2.25. The standard InChI is InChI=1S/C18H18FNO4S/c1-12-7-9-16(10-8-12)25(22,23)20-17(13(2)18(21)24-3)14-5-4-6-15(19)11-14/h4-11,17,20H,2H2,1,3H3/t17-/m1/s1. The Morgan fingerprint density at radius 3 is 2.40 bits per heavy atom. The molecule has 25 heavy (non-hydrogen) atoms. The van der Waals surface area contributed by atoms with Gasteiger partial charge in [0.25, 0.3) is 0 Å². The van der Waals surface area contributed by atoms with E-state index in [0.29, 0.717) is 0 Å². The highest BCUT2D eigenvalue weighted by atomic mass is 32.2. The molecule has 7 heteroatoms. The highest BCUT2D eigenvalue weighted by molar-refractivity contribution is 7.89. The molecule has 0 aromatic heterocycles. The van der Waals surface area contributed by atoms with E-state index >= 15 is 0 Å². The Morgan fingerprint density at radius 1 is 1.20 bits per heavy atom. The number of sulfonamides is 1. The van der Waals surface area contributed by atoms with Gasteiger partial charge in [-0.15, -0.1) is 0 Å². The summed E-state index contributed by atoms with van der Waals surface area (Å²) in [6.07, 6.45) is 0. The van der Waals surface area contributed by atoms with Crippen LogP contribution in [0.4, 0.5) is 4.39 Å². The molecule has 132 valence electrons. The molecule has 0 saturated carbocycles. The van der Waals surface area contributed by atoms with Crippen LogP contribution < -0.4 is 4.72 Å². The van der Waals surface area contributed by atoms with Crippen molar-refractivity contribution in [3.05, 3.63) is 77.6 Å². The molecule has 0 amide bonds. The molecule has 0 radical (unpaired) electrons. The molecule has 2 rings (SSSR count). The zero-order valence-corrected chi connectivity index (χ0v) is 14.6. The molecule has 0 saturated heterocycles. The smallest absolute Gasteiger partial charge is 0.335 e. The summed E-state index contributed by atoms with van der Waals surface area (Å²) in [5, 5.41) is 0. The fraction of sp³-hybridized carbons (Fsp3) is 0.167. The minimum atomic E-state index is -3.97.